The molecule has 0 aliphatic rings. The Morgan fingerprint density at radius 2 is 0.982 bits per heavy atom. The van der Waals surface area contributed by atoms with Crippen LogP contribution in [0.2, 0.25) is 0 Å². The normalized spacial score (nSPS) is 14.6. The van der Waals surface area contributed by atoms with Crippen LogP contribution < -0.4 is 10.2 Å². The molecule has 0 aliphatic heterocycles. The molecule has 0 saturated heterocycles. The van der Waals surface area contributed by atoms with E-state index in [0.717, 1.165) is 44.9 Å². The van der Waals surface area contributed by atoms with Crippen molar-refractivity contribution in [3.05, 3.63) is 36.5 Å². The van der Waals surface area contributed by atoms with Gasteiger partial charge in [-0.1, -0.05) is 198 Å². The number of quaternary nitrogens is 1. The molecule has 0 heterocycles. The summed E-state index contributed by atoms with van der Waals surface area (Å²) in [6, 6.07) is -0.906. The van der Waals surface area contributed by atoms with Crippen LogP contribution in [0.3, 0.4) is 0 Å². The Kier molecular flexibility index (Phi) is 39.2. The molecule has 8 nitrogen and oxygen atoms in total. The number of aliphatic hydroxyl groups excluding tert-OH is 1. The van der Waals surface area contributed by atoms with Crippen LogP contribution in [0, 0.1) is 0 Å². The summed E-state index contributed by atoms with van der Waals surface area (Å²) in [6.45, 7) is 4.62. The number of nitrogens with zero attached hydrogens (tertiary/aromatic N) is 1. The van der Waals surface area contributed by atoms with E-state index in [9.17, 15) is 19.4 Å². The van der Waals surface area contributed by atoms with Crippen LogP contribution in [0.15, 0.2) is 36.5 Å². The van der Waals surface area contributed by atoms with Crippen LogP contribution >= 0.6 is 7.82 Å². The molecule has 0 rings (SSSR count). The quantitative estimate of drug-likeness (QED) is 0.0274. The Labute approximate surface area is 353 Å². The fourth-order valence-corrected chi connectivity index (χ4v) is 7.50. The molecule has 0 fully saturated rings. The summed E-state index contributed by atoms with van der Waals surface area (Å²) in [6.07, 6.45) is 49.1. The molecule has 0 spiro atoms. The van der Waals surface area contributed by atoms with Crippen LogP contribution in [0.5, 0.6) is 0 Å². The van der Waals surface area contributed by atoms with E-state index in [1.165, 1.54) is 148 Å². The highest BCUT2D eigenvalue weighted by Crippen LogP contribution is 2.38. The zero-order valence-corrected chi connectivity index (χ0v) is 38.9. The van der Waals surface area contributed by atoms with Crippen molar-refractivity contribution in [1.82, 2.24) is 5.32 Å². The van der Waals surface area contributed by atoms with E-state index < -0.39 is 26.6 Å². The number of hydrogen-bond donors (Lipinski definition) is 2. The maximum atomic E-state index is 12.9. The van der Waals surface area contributed by atoms with Crippen molar-refractivity contribution in [2.45, 2.75) is 225 Å². The lowest BCUT2D eigenvalue weighted by Gasteiger charge is -2.29. The van der Waals surface area contributed by atoms with E-state index in [-0.39, 0.29) is 12.5 Å². The molecular weight excluding hydrogens is 732 g/mol. The molecule has 336 valence electrons. The van der Waals surface area contributed by atoms with Gasteiger partial charge in [-0.2, -0.15) is 0 Å². The number of likely N-dealkylation sites (N-methyl/N-ethyl adjacent to an activating group) is 1. The van der Waals surface area contributed by atoms with Crippen molar-refractivity contribution in [3.63, 3.8) is 0 Å². The van der Waals surface area contributed by atoms with Crippen LogP contribution in [-0.2, 0) is 18.4 Å². The summed E-state index contributed by atoms with van der Waals surface area (Å²) in [7, 11) is 1.24. The van der Waals surface area contributed by atoms with E-state index in [1.54, 1.807) is 6.08 Å². The fraction of sp³-hybridized carbons (Fsp3) is 0.854. The van der Waals surface area contributed by atoms with Gasteiger partial charge in [-0.05, 0) is 44.9 Å². The lowest BCUT2D eigenvalue weighted by molar-refractivity contribution is -0.870. The molecule has 0 saturated carbocycles. The highest BCUT2D eigenvalue weighted by Gasteiger charge is 2.23. The molecule has 3 unspecified atom stereocenters. The molecule has 0 aromatic rings. The van der Waals surface area contributed by atoms with Gasteiger partial charge in [0.05, 0.1) is 39.9 Å². The average molecular weight is 825 g/mol. The first-order valence-corrected chi connectivity index (χ1v) is 25.3. The maximum absolute atomic E-state index is 12.9. The van der Waals surface area contributed by atoms with E-state index in [1.807, 2.05) is 27.2 Å². The van der Waals surface area contributed by atoms with Gasteiger partial charge in [0.2, 0.25) is 5.91 Å². The van der Waals surface area contributed by atoms with Crippen molar-refractivity contribution >= 4 is 13.7 Å². The molecule has 0 radical (unpaired) electrons. The van der Waals surface area contributed by atoms with E-state index in [0.29, 0.717) is 17.4 Å². The molecule has 0 bridgehead atoms. The van der Waals surface area contributed by atoms with Gasteiger partial charge >= 0.3 is 0 Å². The third-order valence-electron chi connectivity index (χ3n) is 10.6. The predicted molar refractivity (Wildman–Crippen MR) is 242 cm³/mol. The van der Waals surface area contributed by atoms with Crippen LogP contribution in [0.1, 0.15) is 213 Å². The molecule has 0 aliphatic carbocycles. The van der Waals surface area contributed by atoms with Gasteiger partial charge in [-0.15, -0.1) is 0 Å². The second kappa shape index (κ2) is 40.1. The number of carbonyl (C=O) groups is 1. The molecule has 2 N–H and O–H groups in total. The van der Waals surface area contributed by atoms with Gasteiger partial charge in [0.25, 0.3) is 7.82 Å². The number of hydrogen-bond acceptors (Lipinski definition) is 6. The maximum Gasteiger partial charge on any atom is 0.268 e. The Bertz CT molecular complexity index is 1030. The first kappa shape index (κ1) is 55.7. The largest absolute Gasteiger partial charge is 0.756 e. The second-order valence-corrected chi connectivity index (χ2v) is 18.9. The number of rotatable bonds is 43. The molecular formula is C48H93N2O6P. The van der Waals surface area contributed by atoms with Crippen molar-refractivity contribution in [2.24, 2.45) is 0 Å². The smallest absolute Gasteiger partial charge is 0.268 e. The van der Waals surface area contributed by atoms with Gasteiger partial charge < -0.3 is 28.8 Å². The Hall–Kier alpha value is -1.28. The van der Waals surface area contributed by atoms with Crippen molar-refractivity contribution in [1.29, 1.82) is 0 Å². The number of aliphatic hydroxyl groups is 1. The zero-order valence-electron chi connectivity index (χ0n) is 38.0. The topological polar surface area (TPSA) is 108 Å². The zero-order chi connectivity index (χ0) is 42.1. The third kappa shape index (κ3) is 42.6. The minimum Gasteiger partial charge on any atom is -0.756 e. The number of allylic oxidation sites excluding steroid dienone is 5. The van der Waals surface area contributed by atoms with Gasteiger partial charge in [-0.3, -0.25) is 9.36 Å². The molecule has 9 heteroatoms. The van der Waals surface area contributed by atoms with Gasteiger partial charge in [0, 0.05) is 6.42 Å². The second-order valence-electron chi connectivity index (χ2n) is 17.5. The number of phosphoric ester groups is 1. The molecule has 0 aromatic carbocycles. The lowest BCUT2D eigenvalue weighted by Crippen LogP contribution is -2.45. The Morgan fingerprint density at radius 1 is 0.596 bits per heavy atom. The molecule has 57 heavy (non-hydrogen) atoms. The summed E-state index contributed by atoms with van der Waals surface area (Å²) in [5, 5.41) is 13.8. The highest BCUT2D eigenvalue weighted by molar-refractivity contribution is 7.45. The van der Waals surface area contributed by atoms with Gasteiger partial charge in [-0.25, -0.2) is 0 Å². The number of nitrogens with one attached hydrogen (secondary N) is 1. The molecule has 1 amide bonds. The first-order chi connectivity index (χ1) is 27.5. The van der Waals surface area contributed by atoms with Crippen molar-refractivity contribution in [3.8, 4) is 0 Å². The Morgan fingerprint density at radius 3 is 1.42 bits per heavy atom. The summed E-state index contributed by atoms with van der Waals surface area (Å²) < 4.78 is 23.2. The van der Waals surface area contributed by atoms with Crippen molar-refractivity contribution in [2.75, 3.05) is 40.9 Å². The Balaban J connectivity index is 4.45. The molecule has 0 aromatic heterocycles. The van der Waals surface area contributed by atoms with E-state index >= 15 is 0 Å². The van der Waals surface area contributed by atoms with Crippen LogP contribution in [-0.4, -0.2) is 68.5 Å². The summed E-state index contributed by atoms with van der Waals surface area (Å²) >= 11 is 0. The number of unbranched alkanes of at least 4 members (excludes halogenated alkanes) is 26. The average Bonchev–Trinajstić information content (AvgIpc) is 3.16. The first-order valence-electron chi connectivity index (χ1n) is 23.9. The minimum absolute atomic E-state index is 0.00776. The molecule has 3 atom stereocenters. The number of amides is 1. The summed E-state index contributed by atoms with van der Waals surface area (Å²) in [5.74, 6) is -0.210. The monoisotopic (exact) mass is 825 g/mol. The minimum atomic E-state index is -4.60. The number of carbonyl (C=O) groups excluding carboxylic acids is 1. The van der Waals surface area contributed by atoms with E-state index in [2.05, 4.69) is 43.5 Å². The highest BCUT2D eigenvalue weighted by atomic mass is 31.2. The van der Waals surface area contributed by atoms with Crippen LogP contribution in [0.4, 0.5) is 0 Å². The van der Waals surface area contributed by atoms with Crippen LogP contribution in [0.25, 0.3) is 0 Å². The standard InChI is InChI=1S/C48H93N2O6P/c1-6-8-10-12-14-16-18-20-22-24-25-26-27-29-31-33-35-37-39-41-47(51)46(45-56-57(53,54)55-44-43-50(3,4)5)49-48(52)42-40-38-36-34-32-30-28-23-21-19-17-15-13-11-9-7-2/h25-26,31,33,39,41,46-47,51H,6-24,27-30,32,34-38,40,42-45H2,1-5H3,(H-,49,52,53,54)/b26-25+,33-31+,41-39+. The summed E-state index contributed by atoms with van der Waals surface area (Å²) in [5.41, 5.74) is 0. The SMILES string of the molecule is CCCCCCCCCCC/C=C/CC/C=C/CC/C=C/C(O)C(COP(=O)([O-])OCC[N+](C)(C)C)NC(=O)CCCCCCCCCCCCCCCCCC. The summed E-state index contributed by atoms with van der Waals surface area (Å²) in [4.78, 5) is 25.3. The van der Waals surface area contributed by atoms with E-state index in [4.69, 9.17) is 9.05 Å². The van der Waals surface area contributed by atoms with Gasteiger partial charge in [0.1, 0.15) is 13.2 Å². The number of phosphoric acid groups is 1. The fourth-order valence-electron chi connectivity index (χ4n) is 6.77. The van der Waals surface area contributed by atoms with Crippen molar-refractivity contribution < 1.29 is 32.9 Å². The van der Waals surface area contributed by atoms with Gasteiger partial charge in [0.15, 0.2) is 0 Å². The predicted octanol–water partition coefficient (Wildman–Crippen LogP) is 12.8. The third-order valence-corrected chi connectivity index (χ3v) is 11.5. The lowest BCUT2D eigenvalue weighted by atomic mass is 10.0.